The molecule has 0 amide bonds. The molecule has 3 heteroatoms. The highest BCUT2D eigenvalue weighted by atomic mass is 16.3. The lowest BCUT2D eigenvalue weighted by Crippen LogP contribution is -2.35. The van der Waals surface area contributed by atoms with Gasteiger partial charge in [-0.05, 0) is 49.7 Å². The largest absolute Gasteiger partial charge is 0.464 e. The van der Waals surface area contributed by atoms with E-state index in [9.17, 15) is 0 Å². The summed E-state index contributed by atoms with van der Waals surface area (Å²) in [5.41, 5.74) is 9.46. The monoisotopic (exact) mass is 308 g/mol. The van der Waals surface area contributed by atoms with Crippen molar-refractivity contribution >= 4 is 11.0 Å². The van der Waals surface area contributed by atoms with Crippen LogP contribution in [0.3, 0.4) is 0 Å². The second-order valence-electron chi connectivity index (χ2n) is 6.09. The van der Waals surface area contributed by atoms with Gasteiger partial charge in [0.15, 0.2) is 0 Å². The predicted octanol–water partition coefficient (Wildman–Crippen LogP) is 3.82. The van der Waals surface area contributed by atoms with E-state index in [2.05, 4.69) is 54.4 Å². The van der Waals surface area contributed by atoms with Crippen LogP contribution in [0.4, 0.5) is 0 Å². The van der Waals surface area contributed by atoms with Gasteiger partial charge < -0.3 is 10.2 Å². The molecule has 0 fully saturated rings. The summed E-state index contributed by atoms with van der Waals surface area (Å²) in [4.78, 5) is 2.40. The Labute approximate surface area is 137 Å². The normalized spacial score (nSPS) is 12.8. The Morgan fingerprint density at radius 3 is 2.65 bits per heavy atom. The van der Waals surface area contributed by atoms with Crippen LogP contribution in [0.5, 0.6) is 0 Å². The molecule has 1 atom stereocenters. The lowest BCUT2D eigenvalue weighted by Gasteiger charge is -2.28. The van der Waals surface area contributed by atoms with Crippen molar-refractivity contribution in [2.75, 3.05) is 13.6 Å². The van der Waals surface area contributed by atoms with Crippen molar-refractivity contribution in [1.29, 1.82) is 0 Å². The Bertz CT molecular complexity index is 735. The zero-order chi connectivity index (χ0) is 16.1. The SMILES string of the molecule is CN(Cc1cccc2occc12)C(CCN)Cc1ccccc1. The number of likely N-dealkylation sites (N-methyl/N-ethyl adjacent to an activating group) is 1. The van der Waals surface area contributed by atoms with E-state index < -0.39 is 0 Å². The van der Waals surface area contributed by atoms with Crippen LogP contribution in [0, 0.1) is 0 Å². The number of nitrogens with zero attached hydrogens (tertiary/aromatic N) is 1. The van der Waals surface area contributed by atoms with E-state index in [1.807, 2.05) is 12.1 Å². The van der Waals surface area contributed by atoms with Gasteiger partial charge in [-0.2, -0.15) is 0 Å². The van der Waals surface area contributed by atoms with Gasteiger partial charge in [-0.1, -0.05) is 42.5 Å². The fourth-order valence-electron chi connectivity index (χ4n) is 3.15. The number of hydrogen-bond acceptors (Lipinski definition) is 3. The van der Waals surface area contributed by atoms with Crippen molar-refractivity contribution in [2.45, 2.75) is 25.4 Å². The van der Waals surface area contributed by atoms with Crippen LogP contribution >= 0.6 is 0 Å². The molecule has 1 unspecified atom stereocenters. The molecule has 1 aromatic heterocycles. The summed E-state index contributed by atoms with van der Waals surface area (Å²) in [6.07, 6.45) is 3.78. The Morgan fingerprint density at radius 2 is 1.87 bits per heavy atom. The summed E-state index contributed by atoms with van der Waals surface area (Å²) in [5, 5.41) is 1.20. The molecule has 1 heterocycles. The van der Waals surface area contributed by atoms with Crippen molar-refractivity contribution in [2.24, 2.45) is 5.73 Å². The van der Waals surface area contributed by atoms with E-state index in [4.69, 9.17) is 10.2 Å². The summed E-state index contributed by atoms with van der Waals surface area (Å²) in [5.74, 6) is 0. The molecule has 0 saturated carbocycles. The van der Waals surface area contributed by atoms with Crippen molar-refractivity contribution in [1.82, 2.24) is 4.90 Å². The standard InChI is InChI=1S/C20H24N2O/c1-22(15-17-8-5-9-20-19(17)11-13-23-20)18(10-12-21)14-16-6-3-2-4-7-16/h2-9,11,13,18H,10,12,14-15,21H2,1H3. The highest BCUT2D eigenvalue weighted by Crippen LogP contribution is 2.22. The first-order valence-electron chi connectivity index (χ1n) is 8.17. The first-order valence-corrected chi connectivity index (χ1v) is 8.17. The van der Waals surface area contributed by atoms with Gasteiger partial charge in [0.25, 0.3) is 0 Å². The summed E-state index contributed by atoms with van der Waals surface area (Å²) in [6, 6.07) is 19.4. The van der Waals surface area contributed by atoms with Crippen molar-refractivity contribution in [3.63, 3.8) is 0 Å². The third-order valence-corrected chi connectivity index (χ3v) is 4.44. The Kier molecular flexibility index (Phi) is 5.11. The maximum Gasteiger partial charge on any atom is 0.134 e. The maximum absolute atomic E-state index is 5.85. The number of furan rings is 1. The minimum absolute atomic E-state index is 0.435. The molecule has 2 aromatic carbocycles. The molecule has 3 nitrogen and oxygen atoms in total. The molecule has 3 rings (SSSR count). The van der Waals surface area contributed by atoms with Crippen LogP contribution in [0.2, 0.25) is 0 Å². The summed E-state index contributed by atoms with van der Waals surface area (Å²) in [6.45, 7) is 1.60. The van der Waals surface area contributed by atoms with Gasteiger partial charge in [0, 0.05) is 18.0 Å². The van der Waals surface area contributed by atoms with Crippen molar-refractivity contribution in [3.05, 3.63) is 72.0 Å². The Balaban J connectivity index is 1.75. The third kappa shape index (κ3) is 3.81. The fourth-order valence-corrected chi connectivity index (χ4v) is 3.15. The molecule has 2 N–H and O–H groups in total. The summed E-state index contributed by atoms with van der Waals surface area (Å²) >= 11 is 0. The van der Waals surface area contributed by atoms with Crippen LogP contribution in [-0.2, 0) is 13.0 Å². The Hall–Kier alpha value is -2.10. The van der Waals surface area contributed by atoms with E-state index in [-0.39, 0.29) is 0 Å². The van der Waals surface area contributed by atoms with Crippen molar-refractivity contribution < 1.29 is 4.42 Å². The molecule has 120 valence electrons. The minimum atomic E-state index is 0.435. The highest BCUT2D eigenvalue weighted by molar-refractivity contribution is 5.80. The van der Waals surface area contributed by atoms with Gasteiger partial charge in [-0.3, -0.25) is 4.90 Å². The average molecular weight is 308 g/mol. The maximum atomic E-state index is 5.85. The molecule has 0 bridgehead atoms. The van der Waals surface area contributed by atoms with E-state index in [0.717, 1.165) is 25.0 Å². The Morgan fingerprint density at radius 1 is 1.04 bits per heavy atom. The van der Waals surface area contributed by atoms with Crippen molar-refractivity contribution in [3.8, 4) is 0 Å². The number of nitrogens with two attached hydrogens (primary N) is 1. The van der Waals surface area contributed by atoms with E-state index in [0.29, 0.717) is 12.6 Å². The zero-order valence-electron chi connectivity index (χ0n) is 13.6. The van der Waals surface area contributed by atoms with Gasteiger partial charge >= 0.3 is 0 Å². The van der Waals surface area contributed by atoms with Gasteiger partial charge in [-0.15, -0.1) is 0 Å². The van der Waals surface area contributed by atoms with Crippen LogP contribution in [0.1, 0.15) is 17.5 Å². The minimum Gasteiger partial charge on any atom is -0.464 e. The average Bonchev–Trinajstić information content (AvgIpc) is 3.05. The van der Waals surface area contributed by atoms with E-state index >= 15 is 0 Å². The number of hydrogen-bond donors (Lipinski definition) is 1. The molecule has 3 aromatic rings. The molecule has 0 radical (unpaired) electrons. The molecule has 0 aliphatic heterocycles. The van der Waals surface area contributed by atoms with E-state index in [1.54, 1.807) is 6.26 Å². The highest BCUT2D eigenvalue weighted by Gasteiger charge is 2.16. The molecular weight excluding hydrogens is 284 g/mol. The topological polar surface area (TPSA) is 42.4 Å². The predicted molar refractivity (Wildman–Crippen MR) is 95.3 cm³/mol. The summed E-state index contributed by atoms with van der Waals surface area (Å²) in [7, 11) is 2.18. The van der Waals surface area contributed by atoms with Crippen LogP contribution in [0.25, 0.3) is 11.0 Å². The molecule has 23 heavy (non-hydrogen) atoms. The fraction of sp³-hybridized carbons (Fsp3) is 0.300. The number of fused-ring (bicyclic) bond motifs is 1. The van der Waals surface area contributed by atoms with Crippen LogP contribution in [0.15, 0.2) is 65.3 Å². The van der Waals surface area contributed by atoms with Crippen LogP contribution in [-0.4, -0.2) is 24.5 Å². The smallest absolute Gasteiger partial charge is 0.134 e. The zero-order valence-corrected chi connectivity index (χ0v) is 13.6. The van der Waals surface area contributed by atoms with Gasteiger partial charge in [-0.25, -0.2) is 0 Å². The molecule has 0 aliphatic carbocycles. The molecule has 0 saturated heterocycles. The molecular formula is C20H24N2O. The first-order chi connectivity index (χ1) is 11.3. The third-order valence-electron chi connectivity index (χ3n) is 4.44. The molecule has 0 spiro atoms. The summed E-state index contributed by atoms with van der Waals surface area (Å²) < 4.78 is 5.51. The number of benzene rings is 2. The quantitative estimate of drug-likeness (QED) is 0.721. The van der Waals surface area contributed by atoms with E-state index in [1.165, 1.54) is 16.5 Å². The lowest BCUT2D eigenvalue weighted by atomic mass is 10.0. The van der Waals surface area contributed by atoms with Gasteiger partial charge in [0.1, 0.15) is 5.58 Å². The second-order valence-corrected chi connectivity index (χ2v) is 6.09. The second kappa shape index (κ2) is 7.44. The molecule has 0 aliphatic rings. The lowest BCUT2D eigenvalue weighted by molar-refractivity contribution is 0.223. The van der Waals surface area contributed by atoms with Gasteiger partial charge in [0.2, 0.25) is 0 Å². The number of rotatable bonds is 7. The van der Waals surface area contributed by atoms with Gasteiger partial charge in [0.05, 0.1) is 6.26 Å². The first kappa shape index (κ1) is 15.8. The van der Waals surface area contributed by atoms with Crippen LogP contribution < -0.4 is 5.73 Å².